The summed E-state index contributed by atoms with van der Waals surface area (Å²) in [6.45, 7) is 0. The van der Waals surface area contributed by atoms with Crippen molar-refractivity contribution in [2.45, 2.75) is 6.42 Å². The number of hydrogen-bond donors (Lipinski definition) is 1. The predicted octanol–water partition coefficient (Wildman–Crippen LogP) is 0.894. The number of nitrogens with one attached hydrogen (secondary N) is 1. The van der Waals surface area contributed by atoms with E-state index in [1.54, 1.807) is 33.3 Å². The maximum Gasteiger partial charge on any atom is 0.237 e. The maximum atomic E-state index is 11.9. The van der Waals surface area contributed by atoms with Crippen molar-refractivity contribution in [1.29, 1.82) is 0 Å². The topological polar surface area (TPSA) is 58.6 Å². The Balaban J connectivity index is 2.30. The van der Waals surface area contributed by atoms with E-state index in [2.05, 4.69) is 5.32 Å². The highest BCUT2D eigenvalue weighted by Crippen LogP contribution is 2.29. The molecule has 2 rings (SSSR count). The Labute approximate surface area is 106 Å². The van der Waals surface area contributed by atoms with Gasteiger partial charge < -0.3 is 15.0 Å². The molecule has 0 bridgehead atoms. The molecule has 0 saturated heterocycles. The van der Waals surface area contributed by atoms with Crippen LogP contribution in [0.1, 0.15) is 5.56 Å². The molecule has 1 heterocycles. The summed E-state index contributed by atoms with van der Waals surface area (Å²) in [5, 5.41) is 2.76. The van der Waals surface area contributed by atoms with Gasteiger partial charge in [-0.05, 0) is 30.2 Å². The number of anilines is 1. The van der Waals surface area contributed by atoms with Crippen LogP contribution in [-0.4, -0.2) is 37.9 Å². The first-order chi connectivity index (χ1) is 8.52. The number of fused-ring (bicyclic) bond motifs is 1. The van der Waals surface area contributed by atoms with Crippen LogP contribution in [0, 0.1) is 5.92 Å². The lowest BCUT2D eigenvalue weighted by molar-refractivity contribution is -0.138. The molecular weight excluding hydrogens is 232 g/mol. The molecule has 96 valence electrons. The van der Waals surface area contributed by atoms with E-state index < -0.39 is 5.92 Å². The van der Waals surface area contributed by atoms with Crippen LogP contribution in [0.5, 0.6) is 5.75 Å². The van der Waals surface area contributed by atoms with Crippen molar-refractivity contribution in [3.63, 3.8) is 0 Å². The Morgan fingerprint density at radius 1 is 1.44 bits per heavy atom. The lowest BCUT2D eigenvalue weighted by Gasteiger charge is -2.26. The molecule has 0 spiro atoms. The van der Waals surface area contributed by atoms with Gasteiger partial charge >= 0.3 is 0 Å². The van der Waals surface area contributed by atoms with E-state index in [1.807, 2.05) is 6.07 Å². The van der Waals surface area contributed by atoms with Crippen molar-refractivity contribution in [2.24, 2.45) is 5.92 Å². The fourth-order valence-corrected chi connectivity index (χ4v) is 2.03. The van der Waals surface area contributed by atoms with E-state index in [9.17, 15) is 9.59 Å². The largest absolute Gasteiger partial charge is 0.497 e. The van der Waals surface area contributed by atoms with Gasteiger partial charge in [0.2, 0.25) is 11.8 Å². The molecule has 1 aliphatic rings. The van der Waals surface area contributed by atoms with Crippen LogP contribution in [-0.2, 0) is 16.0 Å². The molecule has 0 fully saturated rings. The zero-order chi connectivity index (χ0) is 13.3. The van der Waals surface area contributed by atoms with Crippen LogP contribution >= 0.6 is 0 Å². The van der Waals surface area contributed by atoms with Gasteiger partial charge in [0.05, 0.1) is 7.11 Å². The van der Waals surface area contributed by atoms with Gasteiger partial charge in [-0.25, -0.2) is 0 Å². The fourth-order valence-electron chi connectivity index (χ4n) is 2.03. The first-order valence-electron chi connectivity index (χ1n) is 5.72. The van der Waals surface area contributed by atoms with Crippen LogP contribution < -0.4 is 10.1 Å². The van der Waals surface area contributed by atoms with E-state index in [0.29, 0.717) is 6.42 Å². The zero-order valence-electron chi connectivity index (χ0n) is 10.7. The van der Waals surface area contributed by atoms with E-state index >= 15 is 0 Å². The van der Waals surface area contributed by atoms with Gasteiger partial charge in [-0.3, -0.25) is 9.59 Å². The van der Waals surface area contributed by atoms with Gasteiger partial charge in [0.15, 0.2) is 0 Å². The third-order valence-electron chi connectivity index (χ3n) is 3.05. The molecule has 5 nitrogen and oxygen atoms in total. The summed E-state index contributed by atoms with van der Waals surface area (Å²) in [6, 6.07) is 5.43. The number of methoxy groups -OCH3 is 1. The van der Waals surface area contributed by atoms with Crippen molar-refractivity contribution in [2.75, 3.05) is 26.5 Å². The number of rotatable bonds is 2. The highest BCUT2D eigenvalue weighted by atomic mass is 16.5. The quantitative estimate of drug-likeness (QED) is 0.791. The lowest BCUT2D eigenvalue weighted by atomic mass is 9.92. The summed E-state index contributed by atoms with van der Waals surface area (Å²) >= 11 is 0. The molecule has 2 amide bonds. The fraction of sp³-hybridized carbons (Fsp3) is 0.385. The predicted molar refractivity (Wildman–Crippen MR) is 67.5 cm³/mol. The number of benzene rings is 1. The summed E-state index contributed by atoms with van der Waals surface area (Å²) in [5.74, 6) is -0.354. The van der Waals surface area contributed by atoms with Crippen molar-refractivity contribution in [1.82, 2.24) is 4.90 Å². The first-order valence-corrected chi connectivity index (χ1v) is 5.72. The molecule has 18 heavy (non-hydrogen) atoms. The number of amides is 2. The van der Waals surface area contributed by atoms with Gasteiger partial charge in [0, 0.05) is 19.8 Å². The molecule has 1 aromatic rings. The summed E-state index contributed by atoms with van der Waals surface area (Å²) in [7, 11) is 4.89. The van der Waals surface area contributed by atoms with Crippen LogP contribution in [0.15, 0.2) is 18.2 Å². The minimum atomic E-state index is -0.653. The molecule has 1 atom stereocenters. The van der Waals surface area contributed by atoms with Crippen LogP contribution in [0.3, 0.4) is 0 Å². The number of carbonyl (C=O) groups is 2. The molecule has 5 heteroatoms. The molecule has 0 radical (unpaired) electrons. The number of nitrogens with zero attached hydrogens (tertiary/aromatic N) is 1. The molecule has 0 aliphatic carbocycles. The summed E-state index contributed by atoms with van der Waals surface area (Å²) < 4.78 is 5.14. The number of carbonyl (C=O) groups excluding carboxylic acids is 2. The zero-order valence-corrected chi connectivity index (χ0v) is 10.7. The third kappa shape index (κ3) is 2.16. The standard InChI is InChI=1S/C13H16N2O3/c1-15(2)13(17)10-7-8-6-9(18-3)4-5-11(8)14-12(10)16/h4-6,10H,7H2,1-3H3,(H,14,16). The van der Waals surface area contributed by atoms with Crippen molar-refractivity contribution >= 4 is 17.5 Å². The molecule has 1 N–H and O–H groups in total. The van der Waals surface area contributed by atoms with E-state index in [0.717, 1.165) is 17.0 Å². The lowest BCUT2D eigenvalue weighted by Crippen LogP contribution is -2.41. The average molecular weight is 248 g/mol. The van der Waals surface area contributed by atoms with Gasteiger partial charge in [0.25, 0.3) is 0 Å². The summed E-state index contributed by atoms with van der Waals surface area (Å²) in [4.78, 5) is 25.2. The van der Waals surface area contributed by atoms with Crippen LogP contribution in [0.25, 0.3) is 0 Å². The molecule has 1 aliphatic heterocycles. The Bertz CT molecular complexity index is 497. The maximum absolute atomic E-state index is 11.9. The normalized spacial score (nSPS) is 17.7. The monoisotopic (exact) mass is 248 g/mol. The highest BCUT2D eigenvalue weighted by molar-refractivity contribution is 6.08. The van der Waals surface area contributed by atoms with Crippen molar-refractivity contribution in [3.05, 3.63) is 23.8 Å². The van der Waals surface area contributed by atoms with Gasteiger partial charge in [0.1, 0.15) is 11.7 Å². The number of ether oxygens (including phenoxy) is 1. The Morgan fingerprint density at radius 2 is 2.17 bits per heavy atom. The van der Waals surface area contributed by atoms with E-state index in [1.165, 1.54) is 4.90 Å². The SMILES string of the molecule is COc1ccc2c(c1)CC(C(=O)N(C)C)C(=O)N2. The Morgan fingerprint density at radius 3 is 2.78 bits per heavy atom. The van der Waals surface area contributed by atoms with Crippen LogP contribution in [0.2, 0.25) is 0 Å². The minimum Gasteiger partial charge on any atom is -0.497 e. The molecule has 0 saturated carbocycles. The smallest absolute Gasteiger partial charge is 0.237 e. The highest BCUT2D eigenvalue weighted by Gasteiger charge is 2.33. The average Bonchev–Trinajstić information content (AvgIpc) is 2.36. The second kappa shape index (κ2) is 4.68. The van der Waals surface area contributed by atoms with Crippen LogP contribution in [0.4, 0.5) is 5.69 Å². The summed E-state index contributed by atoms with van der Waals surface area (Å²) in [6.07, 6.45) is 0.412. The minimum absolute atomic E-state index is 0.180. The van der Waals surface area contributed by atoms with Gasteiger partial charge in [-0.2, -0.15) is 0 Å². The second-order valence-electron chi connectivity index (χ2n) is 4.50. The third-order valence-corrected chi connectivity index (χ3v) is 3.05. The van der Waals surface area contributed by atoms with Gasteiger partial charge in [-0.1, -0.05) is 0 Å². The van der Waals surface area contributed by atoms with Crippen molar-refractivity contribution < 1.29 is 14.3 Å². The van der Waals surface area contributed by atoms with Crippen molar-refractivity contribution in [3.8, 4) is 5.75 Å². The summed E-state index contributed by atoms with van der Waals surface area (Å²) in [5.41, 5.74) is 1.68. The Kier molecular flexibility index (Phi) is 3.23. The molecule has 1 aromatic carbocycles. The second-order valence-corrected chi connectivity index (χ2v) is 4.50. The van der Waals surface area contributed by atoms with E-state index in [4.69, 9.17) is 4.74 Å². The Hall–Kier alpha value is -2.04. The molecule has 1 unspecified atom stereocenters. The molecule has 0 aromatic heterocycles. The number of hydrogen-bond acceptors (Lipinski definition) is 3. The van der Waals surface area contributed by atoms with E-state index in [-0.39, 0.29) is 11.8 Å². The first kappa shape index (κ1) is 12.4. The molecular formula is C13H16N2O3. The van der Waals surface area contributed by atoms with Gasteiger partial charge in [-0.15, -0.1) is 0 Å².